The maximum absolute atomic E-state index is 12.3. The van der Waals surface area contributed by atoms with E-state index in [1.165, 1.54) is 12.1 Å². The number of benzene rings is 2. The van der Waals surface area contributed by atoms with E-state index in [0.717, 1.165) is 5.56 Å². The molecule has 8 heteroatoms. The first-order valence-corrected chi connectivity index (χ1v) is 8.88. The highest BCUT2D eigenvalue weighted by atomic mass is 19.3. The van der Waals surface area contributed by atoms with Crippen LogP contribution in [0, 0.1) is 0 Å². The summed E-state index contributed by atoms with van der Waals surface area (Å²) in [5, 5.41) is 8.82. The second kappa shape index (κ2) is 9.48. The van der Waals surface area contributed by atoms with E-state index in [4.69, 9.17) is 14.6 Å². The highest BCUT2D eigenvalue weighted by molar-refractivity contribution is 5.66. The largest absolute Gasteiger partial charge is 0.481 e. The first-order valence-electron chi connectivity index (χ1n) is 8.88. The van der Waals surface area contributed by atoms with E-state index >= 15 is 0 Å². The van der Waals surface area contributed by atoms with Crippen molar-refractivity contribution >= 4 is 5.97 Å². The number of carbonyl (C=O) groups is 1. The van der Waals surface area contributed by atoms with Gasteiger partial charge in [0.15, 0.2) is 0 Å². The molecule has 0 amide bonds. The van der Waals surface area contributed by atoms with Gasteiger partial charge in [0.1, 0.15) is 17.2 Å². The van der Waals surface area contributed by atoms with Crippen molar-refractivity contribution in [1.82, 2.24) is 4.90 Å². The van der Waals surface area contributed by atoms with Crippen molar-refractivity contribution in [2.45, 2.75) is 19.1 Å². The fourth-order valence-electron chi connectivity index (χ4n) is 2.96. The minimum Gasteiger partial charge on any atom is -0.481 e. The van der Waals surface area contributed by atoms with Gasteiger partial charge in [-0.3, -0.25) is 9.69 Å². The van der Waals surface area contributed by atoms with Gasteiger partial charge in [-0.2, -0.15) is 8.78 Å². The highest BCUT2D eigenvalue weighted by Gasteiger charge is 2.22. The molecule has 28 heavy (non-hydrogen) atoms. The topological polar surface area (TPSA) is 68.2 Å². The Labute approximate surface area is 161 Å². The van der Waals surface area contributed by atoms with E-state index in [1.54, 1.807) is 24.3 Å². The molecule has 2 aromatic rings. The standard InChI is InChI=1S/C20H21F2NO5/c21-20(22)28-17-3-1-2-16(12-17)27-15-6-4-14(5-7-15)18-13-23(10-11-26-18)9-8-19(24)25/h1-7,12,18,20H,8-11,13H2,(H,24,25). The number of alkyl halides is 2. The van der Waals surface area contributed by atoms with Gasteiger partial charge >= 0.3 is 12.6 Å². The molecule has 3 rings (SSSR count). The third-order valence-electron chi connectivity index (χ3n) is 4.31. The number of hydrogen-bond donors (Lipinski definition) is 1. The average molecular weight is 393 g/mol. The minimum atomic E-state index is -2.89. The van der Waals surface area contributed by atoms with Crippen LogP contribution < -0.4 is 9.47 Å². The summed E-state index contributed by atoms with van der Waals surface area (Å²) in [5.74, 6) is 0.157. The molecule has 150 valence electrons. The zero-order chi connectivity index (χ0) is 19.9. The number of rotatable bonds is 8. The van der Waals surface area contributed by atoms with Gasteiger partial charge in [0.05, 0.1) is 19.1 Å². The van der Waals surface area contributed by atoms with Gasteiger partial charge in [-0.15, -0.1) is 0 Å². The summed E-state index contributed by atoms with van der Waals surface area (Å²) in [6.45, 7) is -0.518. The van der Waals surface area contributed by atoms with Crippen LogP contribution in [0.2, 0.25) is 0 Å². The predicted octanol–water partition coefficient (Wildman–Crippen LogP) is 3.93. The second-order valence-corrected chi connectivity index (χ2v) is 6.33. The summed E-state index contributed by atoms with van der Waals surface area (Å²) in [6, 6.07) is 13.3. The summed E-state index contributed by atoms with van der Waals surface area (Å²) in [5.41, 5.74) is 0.960. The molecule has 6 nitrogen and oxygen atoms in total. The Morgan fingerprint density at radius 3 is 2.64 bits per heavy atom. The van der Waals surface area contributed by atoms with Crippen molar-refractivity contribution in [3.63, 3.8) is 0 Å². The molecule has 0 radical (unpaired) electrons. The zero-order valence-electron chi connectivity index (χ0n) is 15.1. The van der Waals surface area contributed by atoms with E-state index < -0.39 is 12.6 Å². The summed E-state index contributed by atoms with van der Waals surface area (Å²) >= 11 is 0. The second-order valence-electron chi connectivity index (χ2n) is 6.33. The number of halogens is 2. The Kier molecular flexibility index (Phi) is 6.78. The van der Waals surface area contributed by atoms with Crippen LogP contribution in [0.25, 0.3) is 0 Å². The molecule has 1 saturated heterocycles. The van der Waals surface area contributed by atoms with Crippen LogP contribution in [0.3, 0.4) is 0 Å². The normalized spacial score (nSPS) is 17.5. The van der Waals surface area contributed by atoms with Crippen molar-refractivity contribution in [1.29, 1.82) is 0 Å². The number of aliphatic carboxylic acids is 1. The van der Waals surface area contributed by atoms with E-state index in [2.05, 4.69) is 9.64 Å². The molecule has 1 heterocycles. The summed E-state index contributed by atoms with van der Waals surface area (Å²) < 4.78 is 40.5. The molecular weight excluding hydrogens is 372 g/mol. The quantitative estimate of drug-likeness (QED) is 0.733. The van der Waals surface area contributed by atoms with Crippen LogP contribution in [0.1, 0.15) is 18.1 Å². The van der Waals surface area contributed by atoms with Gasteiger partial charge in [0.25, 0.3) is 0 Å². The number of carboxylic acids is 1. The van der Waals surface area contributed by atoms with E-state index in [9.17, 15) is 13.6 Å². The van der Waals surface area contributed by atoms with E-state index in [1.807, 2.05) is 12.1 Å². The average Bonchev–Trinajstić information content (AvgIpc) is 2.67. The van der Waals surface area contributed by atoms with Crippen LogP contribution in [0.15, 0.2) is 48.5 Å². The molecule has 1 fully saturated rings. The lowest BCUT2D eigenvalue weighted by Gasteiger charge is -2.32. The van der Waals surface area contributed by atoms with Crippen LogP contribution in [0.5, 0.6) is 17.2 Å². The van der Waals surface area contributed by atoms with Crippen molar-refractivity contribution in [2.75, 3.05) is 26.2 Å². The Morgan fingerprint density at radius 2 is 1.93 bits per heavy atom. The number of carboxylic acid groups (broad SMARTS) is 1. The molecule has 0 bridgehead atoms. The molecule has 0 saturated carbocycles. The molecule has 1 unspecified atom stereocenters. The third-order valence-corrected chi connectivity index (χ3v) is 4.31. The molecule has 1 atom stereocenters. The first kappa shape index (κ1) is 20.0. The van der Waals surface area contributed by atoms with E-state index in [-0.39, 0.29) is 18.3 Å². The SMILES string of the molecule is O=C(O)CCN1CCOC(c2ccc(Oc3cccc(OC(F)F)c3)cc2)C1. The van der Waals surface area contributed by atoms with Gasteiger partial charge in [-0.25, -0.2) is 0 Å². The van der Waals surface area contributed by atoms with Crippen LogP contribution in [-0.4, -0.2) is 48.8 Å². The molecule has 0 spiro atoms. The fourth-order valence-corrected chi connectivity index (χ4v) is 2.96. The van der Waals surface area contributed by atoms with Crippen LogP contribution >= 0.6 is 0 Å². The Morgan fingerprint density at radius 1 is 1.18 bits per heavy atom. The van der Waals surface area contributed by atoms with Crippen molar-refractivity contribution < 1.29 is 32.9 Å². The van der Waals surface area contributed by atoms with Crippen LogP contribution in [0.4, 0.5) is 8.78 Å². The first-order chi connectivity index (χ1) is 13.5. The summed E-state index contributed by atoms with van der Waals surface area (Å²) in [4.78, 5) is 12.8. The minimum absolute atomic E-state index is 0.0289. The molecule has 1 aliphatic rings. The zero-order valence-corrected chi connectivity index (χ0v) is 15.1. The number of hydrogen-bond acceptors (Lipinski definition) is 5. The van der Waals surface area contributed by atoms with Gasteiger partial charge in [-0.1, -0.05) is 18.2 Å². The predicted molar refractivity (Wildman–Crippen MR) is 97.0 cm³/mol. The molecule has 2 aromatic carbocycles. The monoisotopic (exact) mass is 393 g/mol. The molecule has 1 N–H and O–H groups in total. The van der Waals surface area contributed by atoms with Crippen molar-refractivity contribution in [3.05, 3.63) is 54.1 Å². The van der Waals surface area contributed by atoms with Gasteiger partial charge < -0.3 is 19.3 Å². The Balaban J connectivity index is 1.59. The summed E-state index contributed by atoms with van der Waals surface area (Å²) in [6.07, 6.45) is -0.0345. The molecule has 0 aromatic heterocycles. The fraction of sp³-hybridized carbons (Fsp3) is 0.350. The lowest BCUT2D eigenvalue weighted by atomic mass is 10.1. The maximum Gasteiger partial charge on any atom is 0.387 e. The highest BCUT2D eigenvalue weighted by Crippen LogP contribution is 2.28. The number of nitrogens with zero attached hydrogens (tertiary/aromatic N) is 1. The van der Waals surface area contributed by atoms with Crippen LogP contribution in [-0.2, 0) is 9.53 Å². The van der Waals surface area contributed by atoms with E-state index in [0.29, 0.717) is 37.7 Å². The van der Waals surface area contributed by atoms with Gasteiger partial charge in [-0.05, 0) is 29.8 Å². The Hall–Kier alpha value is -2.71. The van der Waals surface area contributed by atoms with Gasteiger partial charge in [0, 0.05) is 25.7 Å². The summed E-state index contributed by atoms with van der Waals surface area (Å²) in [7, 11) is 0. The Bertz CT molecular complexity index is 784. The maximum atomic E-state index is 12.3. The number of morpholine rings is 1. The molecule has 0 aliphatic carbocycles. The lowest BCUT2D eigenvalue weighted by Crippen LogP contribution is -2.39. The van der Waals surface area contributed by atoms with Crippen molar-refractivity contribution in [2.24, 2.45) is 0 Å². The third kappa shape index (κ3) is 5.90. The molecule has 1 aliphatic heterocycles. The smallest absolute Gasteiger partial charge is 0.387 e. The van der Waals surface area contributed by atoms with Gasteiger partial charge in [0.2, 0.25) is 0 Å². The number of ether oxygens (including phenoxy) is 3. The lowest BCUT2D eigenvalue weighted by molar-refractivity contribution is -0.137. The molecular formula is C20H21F2NO5. The van der Waals surface area contributed by atoms with Crippen molar-refractivity contribution in [3.8, 4) is 17.2 Å².